The molecule has 3 rings (SSSR count). The van der Waals surface area contributed by atoms with Crippen molar-refractivity contribution in [1.29, 1.82) is 0 Å². The number of hydrogen-bond donors (Lipinski definition) is 1. The molecular formula is C31H55N3O5. The van der Waals surface area contributed by atoms with Gasteiger partial charge in [0.2, 0.25) is 0 Å². The lowest BCUT2D eigenvalue weighted by Crippen LogP contribution is -2.58. The fourth-order valence-corrected chi connectivity index (χ4v) is 6.92. The smallest absolute Gasteiger partial charge is 0.185 e. The van der Waals surface area contributed by atoms with Crippen LogP contribution in [0.15, 0.2) is 24.5 Å². The van der Waals surface area contributed by atoms with Crippen molar-refractivity contribution in [2.24, 2.45) is 17.3 Å². The normalized spacial score (nSPS) is 39.5. The quantitative estimate of drug-likeness (QED) is 0.580. The van der Waals surface area contributed by atoms with Crippen LogP contribution in [0.2, 0.25) is 0 Å². The zero-order valence-electron chi connectivity index (χ0n) is 26.1. The number of methoxy groups -OCH3 is 1. The van der Waals surface area contributed by atoms with E-state index in [9.17, 15) is 5.11 Å². The molecule has 1 aromatic rings. The summed E-state index contributed by atoms with van der Waals surface area (Å²) in [4.78, 5) is 8.67. The predicted octanol–water partition coefficient (Wildman–Crippen LogP) is 4.38. The fraction of sp³-hybridized carbons (Fsp3) is 0.839. The number of nitrogens with zero attached hydrogens (tertiary/aromatic N) is 3. The van der Waals surface area contributed by atoms with Crippen LogP contribution in [0, 0.1) is 17.3 Å². The highest BCUT2D eigenvalue weighted by Crippen LogP contribution is 2.39. The first-order valence-electron chi connectivity index (χ1n) is 14.6. The van der Waals surface area contributed by atoms with E-state index in [1.807, 2.05) is 26.5 Å². The Labute approximate surface area is 237 Å². The molecule has 1 N–H and O–H groups in total. The summed E-state index contributed by atoms with van der Waals surface area (Å²) in [7, 11) is 7.97. The molecule has 3 heterocycles. The van der Waals surface area contributed by atoms with Crippen LogP contribution in [0.3, 0.4) is 0 Å². The van der Waals surface area contributed by atoms with E-state index in [1.54, 1.807) is 7.11 Å². The molecule has 2 saturated heterocycles. The van der Waals surface area contributed by atoms with Gasteiger partial charge in [-0.1, -0.05) is 27.7 Å². The Morgan fingerprint density at radius 1 is 1.10 bits per heavy atom. The minimum Gasteiger partial charge on any atom is -0.386 e. The third kappa shape index (κ3) is 8.44. The summed E-state index contributed by atoms with van der Waals surface area (Å²) in [6.45, 7) is 15.4. The lowest BCUT2D eigenvalue weighted by molar-refractivity contribution is -0.298. The Morgan fingerprint density at radius 3 is 2.38 bits per heavy atom. The predicted molar refractivity (Wildman–Crippen MR) is 154 cm³/mol. The number of likely N-dealkylation sites (N-methyl/N-ethyl adjacent to an activating group) is 2. The lowest BCUT2D eigenvalue weighted by Gasteiger charge is -2.47. The maximum atomic E-state index is 11.3. The Hall–Kier alpha value is -1.13. The second-order valence-electron chi connectivity index (χ2n) is 13.6. The molecule has 0 unspecified atom stereocenters. The topological polar surface area (TPSA) is 76.5 Å². The Bertz CT molecular complexity index is 871. The molecule has 224 valence electrons. The molecule has 0 bridgehead atoms. The summed E-state index contributed by atoms with van der Waals surface area (Å²) in [5.74, 6) is 0.461. The average molecular weight is 550 g/mol. The first-order chi connectivity index (χ1) is 18.3. The van der Waals surface area contributed by atoms with Gasteiger partial charge in [-0.3, -0.25) is 9.88 Å². The van der Waals surface area contributed by atoms with Crippen LogP contribution < -0.4 is 0 Å². The standard InChI is InChI=1S/C31H55N3O5/c1-21-16-31(6,36-10)28(39-29-27(35)25(33(7)8)15-23(3)38-29)22(2)17-30(4,5)20-37-19-26(34(9)18-21)24-11-13-32-14-12-24/h11-14,21-23,25-29,35H,15-20H2,1-10H3/t21-,22-,23-,25+,26+,27-,28-,29+,31-/m1/s1. The molecular weight excluding hydrogens is 494 g/mol. The highest BCUT2D eigenvalue weighted by Gasteiger charge is 2.47. The Balaban J connectivity index is 1.92. The van der Waals surface area contributed by atoms with E-state index in [0.29, 0.717) is 19.1 Å². The Morgan fingerprint density at radius 2 is 1.77 bits per heavy atom. The molecule has 39 heavy (non-hydrogen) atoms. The summed E-state index contributed by atoms with van der Waals surface area (Å²) in [6, 6.07) is 4.28. The van der Waals surface area contributed by atoms with Crippen molar-refractivity contribution in [2.75, 3.05) is 48.0 Å². The number of aliphatic hydroxyl groups is 1. The lowest BCUT2D eigenvalue weighted by atomic mass is 9.75. The maximum absolute atomic E-state index is 11.3. The van der Waals surface area contributed by atoms with Crippen LogP contribution in [-0.2, 0) is 18.9 Å². The number of rotatable bonds is 5. The van der Waals surface area contributed by atoms with Crippen molar-refractivity contribution in [3.63, 3.8) is 0 Å². The van der Waals surface area contributed by atoms with Crippen molar-refractivity contribution < 1.29 is 24.1 Å². The number of hydrogen-bond acceptors (Lipinski definition) is 8. The molecule has 9 atom stereocenters. The highest BCUT2D eigenvalue weighted by atomic mass is 16.7. The minimum absolute atomic E-state index is 0.00722. The summed E-state index contributed by atoms with van der Waals surface area (Å²) in [6.07, 6.45) is 4.43. The largest absolute Gasteiger partial charge is 0.386 e. The van der Waals surface area contributed by atoms with Crippen LogP contribution >= 0.6 is 0 Å². The van der Waals surface area contributed by atoms with Crippen LogP contribution in [-0.4, -0.2) is 104 Å². The highest BCUT2D eigenvalue weighted by molar-refractivity contribution is 5.15. The second-order valence-corrected chi connectivity index (χ2v) is 13.6. The molecule has 0 saturated carbocycles. The molecule has 2 aliphatic rings. The summed E-state index contributed by atoms with van der Waals surface area (Å²) in [5.41, 5.74) is 0.556. The van der Waals surface area contributed by atoms with Crippen molar-refractivity contribution in [2.45, 2.75) is 103 Å². The van der Waals surface area contributed by atoms with Crippen molar-refractivity contribution >= 4 is 0 Å². The van der Waals surface area contributed by atoms with Gasteiger partial charge in [0.15, 0.2) is 6.29 Å². The maximum Gasteiger partial charge on any atom is 0.185 e. The van der Waals surface area contributed by atoms with Crippen LogP contribution in [0.5, 0.6) is 0 Å². The zero-order chi connectivity index (χ0) is 29.0. The van der Waals surface area contributed by atoms with Crippen LogP contribution in [0.4, 0.5) is 0 Å². The minimum atomic E-state index is -0.741. The van der Waals surface area contributed by atoms with Gasteiger partial charge in [-0.05, 0) is 89.2 Å². The van der Waals surface area contributed by atoms with Gasteiger partial charge in [-0.15, -0.1) is 0 Å². The average Bonchev–Trinajstić information content (AvgIpc) is 2.86. The summed E-state index contributed by atoms with van der Waals surface area (Å²) >= 11 is 0. The molecule has 0 amide bonds. The summed E-state index contributed by atoms with van der Waals surface area (Å²) in [5, 5.41) is 11.3. The van der Waals surface area contributed by atoms with E-state index < -0.39 is 18.0 Å². The molecule has 0 radical (unpaired) electrons. The first kappa shape index (κ1) is 32.4. The van der Waals surface area contributed by atoms with E-state index in [4.69, 9.17) is 18.9 Å². The molecule has 8 nitrogen and oxygen atoms in total. The molecule has 0 aliphatic carbocycles. The van der Waals surface area contributed by atoms with Gasteiger partial charge in [0, 0.05) is 32.1 Å². The van der Waals surface area contributed by atoms with Gasteiger partial charge in [-0.2, -0.15) is 0 Å². The molecule has 2 aliphatic heterocycles. The fourth-order valence-electron chi connectivity index (χ4n) is 6.92. The van der Waals surface area contributed by atoms with E-state index in [-0.39, 0.29) is 35.6 Å². The molecule has 0 spiro atoms. The van der Waals surface area contributed by atoms with Crippen molar-refractivity contribution in [1.82, 2.24) is 14.8 Å². The van der Waals surface area contributed by atoms with E-state index in [1.165, 1.54) is 5.56 Å². The molecule has 8 heteroatoms. The van der Waals surface area contributed by atoms with E-state index in [0.717, 1.165) is 25.8 Å². The van der Waals surface area contributed by atoms with Gasteiger partial charge in [0.25, 0.3) is 0 Å². The SMILES string of the molecule is CO[C@]1(C)C[C@@H](C)CN(C)[C@H](c2ccncc2)COCC(C)(C)C[C@@H](C)[C@H]1O[C@@H]1O[C@H](C)C[C@H](N(C)C)[C@H]1O. The molecule has 1 aromatic heterocycles. The molecule has 0 aromatic carbocycles. The van der Waals surface area contributed by atoms with Crippen LogP contribution in [0.25, 0.3) is 0 Å². The van der Waals surface area contributed by atoms with Crippen molar-refractivity contribution in [3.8, 4) is 0 Å². The van der Waals surface area contributed by atoms with Crippen molar-refractivity contribution in [3.05, 3.63) is 30.1 Å². The van der Waals surface area contributed by atoms with Gasteiger partial charge in [-0.25, -0.2) is 0 Å². The monoisotopic (exact) mass is 549 g/mol. The number of pyridine rings is 1. The number of aromatic nitrogens is 1. The molecule has 2 fully saturated rings. The van der Waals surface area contributed by atoms with E-state index in [2.05, 4.69) is 75.5 Å². The third-order valence-electron chi connectivity index (χ3n) is 8.76. The van der Waals surface area contributed by atoms with Crippen LogP contribution in [0.1, 0.15) is 72.4 Å². The Kier molecular flexibility index (Phi) is 11.4. The van der Waals surface area contributed by atoms with Gasteiger partial charge in [0.05, 0.1) is 37.1 Å². The second kappa shape index (κ2) is 13.7. The van der Waals surface area contributed by atoms with E-state index >= 15 is 0 Å². The van der Waals surface area contributed by atoms with Gasteiger partial charge in [0.1, 0.15) is 6.10 Å². The van der Waals surface area contributed by atoms with Gasteiger partial charge >= 0.3 is 0 Å². The third-order valence-corrected chi connectivity index (χ3v) is 8.76. The number of ether oxygens (including phenoxy) is 4. The van der Waals surface area contributed by atoms with Gasteiger partial charge < -0.3 is 29.0 Å². The first-order valence-corrected chi connectivity index (χ1v) is 14.6. The zero-order valence-corrected chi connectivity index (χ0v) is 26.1. The summed E-state index contributed by atoms with van der Waals surface area (Å²) < 4.78 is 25.8. The number of aliphatic hydroxyl groups excluding tert-OH is 1.